The van der Waals surface area contributed by atoms with Gasteiger partial charge in [0.25, 0.3) is 5.91 Å². The highest BCUT2D eigenvalue weighted by Crippen LogP contribution is 2.32. The quantitative estimate of drug-likeness (QED) is 0.266. The van der Waals surface area contributed by atoms with Gasteiger partial charge in [-0.15, -0.1) is 0 Å². The van der Waals surface area contributed by atoms with Crippen LogP contribution in [0.1, 0.15) is 55.1 Å². The average molecular weight is 641 g/mol. The highest BCUT2D eigenvalue weighted by Gasteiger charge is 2.33. The second kappa shape index (κ2) is 13.0. The molecular formula is C34H37ClN8O3. The number of piperidine rings is 1. The van der Waals surface area contributed by atoms with Crippen LogP contribution in [0.2, 0.25) is 5.02 Å². The molecule has 0 atom stereocenters. The van der Waals surface area contributed by atoms with Crippen LogP contribution in [0, 0.1) is 18.3 Å². The highest BCUT2D eigenvalue weighted by molar-refractivity contribution is 6.34. The molecule has 12 heteroatoms. The van der Waals surface area contributed by atoms with Crippen molar-refractivity contribution in [1.29, 1.82) is 5.26 Å². The summed E-state index contributed by atoms with van der Waals surface area (Å²) in [5.41, 5.74) is 3.34. The second-order valence-electron chi connectivity index (χ2n) is 12.0. The third-order valence-corrected chi connectivity index (χ3v) is 9.15. The number of nitrogens with one attached hydrogen (secondary N) is 1. The Morgan fingerprint density at radius 2 is 2.00 bits per heavy atom. The Morgan fingerprint density at radius 1 is 1.20 bits per heavy atom. The zero-order chi connectivity index (χ0) is 32.4. The Hall–Kier alpha value is -4.66. The number of halogens is 1. The van der Waals surface area contributed by atoms with Gasteiger partial charge in [0.2, 0.25) is 0 Å². The van der Waals surface area contributed by atoms with E-state index in [0.29, 0.717) is 70.7 Å². The van der Waals surface area contributed by atoms with Gasteiger partial charge in [0, 0.05) is 30.7 Å². The van der Waals surface area contributed by atoms with E-state index in [1.165, 1.54) is 6.20 Å². The molecule has 0 spiro atoms. The summed E-state index contributed by atoms with van der Waals surface area (Å²) in [5, 5.41) is 17.9. The van der Waals surface area contributed by atoms with E-state index in [9.17, 15) is 10.1 Å². The van der Waals surface area contributed by atoms with Gasteiger partial charge in [-0.1, -0.05) is 30.7 Å². The van der Waals surface area contributed by atoms with E-state index in [4.69, 9.17) is 31.0 Å². The van der Waals surface area contributed by atoms with Crippen molar-refractivity contribution >= 4 is 28.8 Å². The molecule has 0 aliphatic carbocycles. The summed E-state index contributed by atoms with van der Waals surface area (Å²) in [5.74, 6) is 2.61. The number of aromatic nitrogens is 4. The van der Waals surface area contributed by atoms with Crippen LogP contribution in [0.3, 0.4) is 0 Å². The molecule has 238 valence electrons. The molecule has 4 aromatic rings. The summed E-state index contributed by atoms with van der Waals surface area (Å²) >= 11 is 6.34. The van der Waals surface area contributed by atoms with E-state index in [1.54, 1.807) is 29.2 Å². The molecule has 2 fully saturated rings. The lowest BCUT2D eigenvalue weighted by Crippen LogP contribution is -2.53. The fourth-order valence-electron chi connectivity index (χ4n) is 6.01. The van der Waals surface area contributed by atoms with Crippen molar-refractivity contribution in [2.24, 2.45) is 0 Å². The first-order valence-electron chi connectivity index (χ1n) is 15.5. The molecule has 0 radical (unpaired) electrons. The number of hydrogen-bond acceptors (Lipinski definition) is 9. The minimum Gasteiger partial charge on any atom is -0.492 e. The van der Waals surface area contributed by atoms with Gasteiger partial charge in [-0.05, 0) is 57.9 Å². The molecular weight excluding hydrogens is 604 g/mol. The predicted molar refractivity (Wildman–Crippen MR) is 176 cm³/mol. The minimum absolute atomic E-state index is 0.155. The topological polar surface area (TPSA) is 121 Å². The van der Waals surface area contributed by atoms with Crippen LogP contribution in [0.4, 0.5) is 5.82 Å². The predicted octanol–water partition coefficient (Wildman–Crippen LogP) is 5.38. The number of nitrogens with zero attached hydrogens (tertiary/aromatic N) is 7. The maximum Gasteiger partial charge on any atom is 0.253 e. The number of nitriles is 1. The summed E-state index contributed by atoms with van der Waals surface area (Å²) in [6.45, 7) is 12.5. The van der Waals surface area contributed by atoms with E-state index in [1.807, 2.05) is 32.0 Å². The third-order valence-electron chi connectivity index (χ3n) is 8.84. The lowest BCUT2D eigenvalue weighted by molar-refractivity contribution is 0.0874. The molecule has 2 aliphatic rings. The van der Waals surface area contributed by atoms with Gasteiger partial charge in [-0.3, -0.25) is 14.7 Å². The van der Waals surface area contributed by atoms with Crippen LogP contribution >= 0.6 is 11.6 Å². The molecule has 11 nitrogen and oxygen atoms in total. The molecule has 5 heterocycles. The molecule has 0 saturated carbocycles. The number of aryl methyl sites for hydroxylation is 1. The number of likely N-dealkylation sites (N-methyl/N-ethyl adjacent to an activating group) is 1. The van der Waals surface area contributed by atoms with Crippen molar-refractivity contribution in [3.63, 3.8) is 0 Å². The molecule has 0 unspecified atom stereocenters. The van der Waals surface area contributed by atoms with Crippen molar-refractivity contribution in [2.75, 3.05) is 44.2 Å². The second-order valence-corrected chi connectivity index (χ2v) is 12.5. The van der Waals surface area contributed by atoms with Crippen molar-refractivity contribution in [3.8, 4) is 23.1 Å². The number of carbonyl (C=O) groups is 1. The number of hydrogen-bond donors (Lipinski definition) is 1. The smallest absolute Gasteiger partial charge is 0.253 e. The summed E-state index contributed by atoms with van der Waals surface area (Å²) < 4.78 is 13.8. The number of anilines is 1. The Labute approximate surface area is 273 Å². The van der Waals surface area contributed by atoms with E-state index in [2.05, 4.69) is 40.1 Å². The summed E-state index contributed by atoms with van der Waals surface area (Å²) in [6, 6.07) is 9.57. The SMILES string of the molecule is CCN1CCO/C(=C(/C)Oc2cc(-c3cnc(N4CCC(C)(NC(=O)c5c(C)cccc5Cl)CC4)cn3)c3c(C#N)cnn3c2)C1. The molecule has 3 aromatic heterocycles. The molecule has 2 aliphatic heterocycles. The van der Waals surface area contributed by atoms with Gasteiger partial charge in [0.1, 0.15) is 35.8 Å². The zero-order valence-corrected chi connectivity index (χ0v) is 27.3. The maximum absolute atomic E-state index is 13.1. The first kappa shape index (κ1) is 31.3. The van der Waals surface area contributed by atoms with Gasteiger partial charge in [0.15, 0.2) is 0 Å². The molecule has 0 bridgehead atoms. The maximum atomic E-state index is 13.1. The summed E-state index contributed by atoms with van der Waals surface area (Å²) in [4.78, 5) is 27.1. The first-order chi connectivity index (χ1) is 22.2. The van der Waals surface area contributed by atoms with Crippen LogP contribution in [-0.2, 0) is 4.74 Å². The van der Waals surface area contributed by atoms with E-state index >= 15 is 0 Å². The van der Waals surface area contributed by atoms with Crippen molar-refractivity contribution in [2.45, 2.75) is 46.1 Å². The van der Waals surface area contributed by atoms with Gasteiger partial charge in [-0.2, -0.15) is 10.4 Å². The van der Waals surface area contributed by atoms with E-state index in [0.717, 1.165) is 43.1 Å². The number of fused-ring (bicyclic) bond motifs is 1. The zero-order valence-electron chi connectivity index (χ0n) is 26.5. The summed E-state index contributed by atoms with van der Waals surface area (Å²) in [6.07, 6.45) is 8.23. The number of carbonyl (C=O) groups excluding carboxylic acids is 1. The Morgan fingerprint density at radius 3 is 2.70 bits per heavy atom. The highest BCUT2D eigenvalue weighted by atomic mass is 35.5. The standard InChI is InChI=1S/C34H37ClN8O3/c1-5-41-13-14-45-29(21-41)23(3)46-25-15-26(32-24(16-36)17-39-43(32)20-25)28-18-38-30(19-37-28)42-11-9-34(4,10-12-42)40-33(44)31-22(2)7-6-8-27(31)35/h6-8,15,17-20H,5,9-14,21H2,1-4H3,(H,40,44)/b29-23-. The van der Waals surface area contributed by atoms with Gasteiger partial charge in [-0.25, -0.2) is 9.50 Å². The number of allylic oxidation sites excluding steroid dienone is 1. The Kier molecular flexibility index (Phi) is 8.84. The number of benzene rings is 1. The van der Waals surface area contributed by atoms with E-state index in [-0.39, 0.29) is 11.4 Å². The molecule has 1 amide bonds. The molecule has 46 heavy (non-hydrogen) atoms. The number of amides is 1. The monoisotopic (exact) mass is 640 g/mol. The van der Waals surface area contributed by atoms with Crippen LogP contribution in [0.15, 0.2) is 60.6 Å². The van der Waals surface area contributed by atoms with Crippen molar-refractivity contribution in [1.82, 2.24) is 29.8 Å². The minimum atomic E-state index is -0.376. The average Bonchev–Trinajstić information content (AvgIpc) is 3.48. The molecule has 1 aromatic carbocycles. The number of rotatable bonds is 7. The van der Waals surface area contributed by atoms with Gasteiger partial charge >= 0.3 is 0 Å². The number of morpholine rings is 1. The van der Waals surface area contributed by atoms with Crippen molar-refractivity contribution < 1.29 is 14.3 Å². The fraction of sp³-hybridized carbons (Fsp3) is 0.382. The summed E-state index contributed by atoms with van der Waals surface area (Å²) in [7, 11) is 0. The number of pyridine rings is 1. The lowest BCUT2D eigenvalue weighted by atomic mass is 9.89. The number of ether oxygens (including phenoxy) is 2. The van der Waals surface area contributed by atoms with Crippen LogP contribution in [0.25, 0.3) is 16.8 Å². The molecule has 1 N–H and O–H groups in total. The van der Waals surface area contributed by atoms with Crippen LogP contribution in [0.5, 0.6) is 5.75 Å². The first-order valence-corrected chi connectivity index (χ1v) is 15.8. The van der Waals surface area contributed by atoms with Crippen LogP contribution in [-0.4, -0.2) is 75.3 Å². The third kappa shape index (κ3) is 6.36. The fourth-order valence-corrected chi connectivity index (χ4v) is 6.31. The Bertz CT molecular complexity index is 1820. The molecule has 6 rings (SSSR count). The van der Waals surface area contributed by atoms with E-state index < -0.39 is 0 Å². The normalized spacial score (nSPS) is 17.7. The van der Waals surface area contributed by atoms with Gasteiger partial charge < -0.3 is 19.7 Å². The van der Waals surface area contributed by atoms with Gasteiger partial charge in [0.05, 0.1) is 58.7 Å². The lowest BCUT2D eigenvalue weighted by Gasteiger charge is -2.40. The van der Waals surface area contributed by atoms with Crippen molar-refractivity contribution in [3.05, 3.63) is 82.3 Å². The Balaban J connectivity index is 1.19. The molecule has 2 saturated heterocycles. The largest absolute Gasteiger partial charge is 0.492 e. The van der Waals surface area contributed by atoms with Crippen LogP contribution < -0.4 is 15.0 Å².